The molecule has 0 atom stereocenters. The number of carbonyl (C=O) groups excluding carboxylic acids is 2. The van der Waals surface area contributed by atoms with E-state index in [2.05, 4.69) is 19.2 Å². The molecule has 0 aliphatic heterocycles. The Morgan fingerprint density at radius 1 is 1.04 bits per heavy atom. The molecule has 0 unspecified atom stereocenters. The van der Waals surface area contributed by atoms with E-state index in [9.17, 15) is 14.7 Å². The molecule has 5 heteroatoms. The normalized spacial score (nSPS) is 10.4. The molecule has 1 N–H and O–H groups in total. The Hall–Kier alpha value is -2.82. The van der Waals surface area contributed by atoms with Gasteiger partial charge in [0.2, 0.25) is 0 Å². The highest BCUT2D eigenvalue weighted by Gasteiger charge is 2.11. The molecule has 2 aromatic rings. The van der Waals surface area contributed by atoms with Gasteiger partial charge in [-0.25, -0.2) is 0 Å². The molecule has 0 bridgehead atoms. The first-order valence-electron chi connectivity index (χ1n) is 7.32. The highest BCUT2D eigenvalue weighted by atomic mass is 16.5. The van der Waals surface area contributed by atoms with Crippen molar-refractivity contribution in [1.82, 2.24) is 0 Å². The average Bonchev–Trinajstić information content (AvgIpc) is 2.54. The number of nitrogens with one attached hydrogen (secondary N) is 1. The van der Waals surface area contributed by atoms with Gasteiger partial charge in [-0.2, -0.15) is 0 Å². The summed E-state index contributed by atoms with van der Waals surface area (Å²) in [7, 11) is 0. The molecule has 0 aromatic heterocycles. The molecule has 0 fully saturated rings. The summed E-state index contributed by atoms with van der Waals surface area (Å²) in [4.78, 5) is 23.2. The largest absolute Gasteiger partial charge is 0.545 e. The van der Waals surface area contributed by atoms with Crippen molar-refractivity contribution >= 4 is 17.6 Å². The predicted octanol–water partition coefficient (Wildman–Crippen LogP) is 2.34. The van der Waals surface area contributed by atoms with Crippen LogP contribution in [0.15, 0.2) is 48.5 Å². The summed E-state index contributed by atoms with van der Waals surface area (Å²) < 4.78 is 5.56. The van der Waals surface area contributed by atoms with Gasteiger partial charge in [0.25, 0.3) is 5.91 Å². The number of carboxylic acids is 1. The number of amides is 1. The quantitative estimate of drug-likeness (QED) is 0.888. The lowest BCUT2D eigenvalue weighted by molar-refractivity contribution is -0.255. The predicted molar refractivity (Wildman–Crippen MR) is 85.5 cm³/mol. The number of aromatic carboxylic acids is 1. The van der Waals surface area contributed by atoms with Gasteiger partial charge in [-0.15, -0.1) is 0 Å². The van der Waals surface area contributed by atoms with Crippen LogP contribution in [0.25, 0.3) is 0 Å². The van der Waals surface area contributed by atoms with E-state index in [1.54, 1.807) is 36.4 Å². The van der Waals surface area contributed by atoms with E-state index < -0.39 is 11.9 Å². The number of ether oxygens (including phenoxy) is 1. The Morgan fingerprint density at radius 3 is 2.22 bits per heavy atom. The first kappa shape index (κ1) is 16.5. The fourth-order valence-electron chi connectivity index (χ4n) is 1.95. The zero-order valence-electron chi connectivity index (χ0n) is 13.0. The number of benzene rings is 2. The Balaban J connectivity index is 2.07. The van der Waals surface area contributed by atoms with Gasteiger partial charge < -0.3 is 20.0 Å². The van der Waals surface area contributed by atoms with Gasteiger partial charge in [-0.3, -0.25) is 4.79 Å². The lowest BCUT2D eigenvalue weighted by atomic mass is 10.1. The van der Waals surface area contributed by atoms with Crippen molar-refractivity contribution in [3.05, 3.63) is 59.7 Å². The SMILES string of the molecule is CC(C)COc1ccc(NC(=O)c2ccccc2C(=O)[O-])cc1. The molecule has 0 saturated heterocycles. The van der Waals surface area contributed by atoms with E-state index in [4.69, 9.17) is 4.74 Å². The molecular weight excluding hydrogens is 294 g/mol. The zero-order chi connectivity index (χ0) is 16.8. The summed E-state index contributed by atoms with van der Waals surface area (Å²) in [5, 5.41) is 13.7. The second-order valence-electron chi connectivity index (χ2n) is 5.52. The van der Waals surface area contributed by atoms with Crippen molar-refractivity contribution in [1.29, 1.82) is 0 Å². The van der Waals surface area contributed by atoms with E-state index in [1.165, 1.54) is 12.1 Å². The summed E-state index contributed by atoms with van der Waals surface area (Å²) in [5.74, 6) is -0.740. The summed E-state index contributed by atoms with van der Waals surface area (Å²) in [6.07, 6.45) is 0. The first-order chi connectivity index (χ1) is 11.0. The smallest absolute Gasteiger partial charge is 0.256 e. The van der Waals surface area contributed by atoms with E-state index in [1.807, 2.05) is 0 Å². The first-order valence-corrected chi connectivity index (χ1v) is 7.32. The number of rotatable bonds is 6. The molecule has 2 rings (SSSR count). The number of carboxylic acid groups (broad SMARTS) is 1. The third-order valence-corrected chi connectivity index (χ3v) is 3.09. The van der Waals surface area contributed by atoms with Crippen LogP contribution in [0.2, 0.25) is 0 Å². The van der Waals surface area contributed by atoms with Gasteiger partial charge in [-0.1, -0.05) is 32.0 Å². The number of carbonyl (C=O) groups is 2. The van der Waals surface area contributed by atoms with Gasteiger partial charge in [0.05, 0.1) is 12.6 Å². The molecule has 0 saturated carbocycles. The second kappa shape index (κ2) is 7.45. The molecule has 1 amide bonds. The van der Waals surface area contributed by atoms with Crippen LogP contribution in [0.3, 0.4) is 0 Å². The maximum atomic E-state index is 12.2. The number of hydrogen-bond acceptors (Lipinski definition) is 4. The fourth-order valence-corrected chi connectivity index (χ4v) is 1.95. The maximum absolute atomic E-state index is 12.2. The van der Waals surface area contributed by atoms with E-state index in [-0.39, 0.29) is 11.1 Å². The molecule has 0 aliphatic rings. The van der Waals surface area contributed by atoms with Gasteiger partial charge in [0.15, 0.2) is 0 Å². The van der Waals surface area contributed by atoms with Crippen LogP contribution in [0, 0.1) is 5.92 Å². The molecule has 2 aromatic carbocycles. The molecule has 0 radical (unpaired) electrons. The summed E-state index contributed by atoms with van der Waals surface area (Å²) in [6.45, 7) is 4.73. The van der Waals surface area contributed by atoms with Crippen LogP contribution in [-0.2, 0) is 0 Å². The molecule has 0 aliphatic carbocycles. The van der Waals surface area contributed by atoms with Crippen LogP contribution >= 0.6 is 0 Å². The highest BCUT2D eigenvalue weighted by Crippen LogP contribution is 2.18. The second-order valence-corrected chi connectivity index (χ2v) is 5.52. The third-order valence-electron chi connectivity index (χ3n) is 3.09. The van der Waals surface area contributed by atoms with Gasteiger partial charge in [0.1, 0.15) is 5.75 Å². The minimum absolute atomic E-state index is 0.0626. The Bertz CT molecular complexity index is 692. The summed E-state index contributed by atoms with van der Waals surface area (Å²) >= 11 is 0. The van der Waals surface area contributed by atoms with Crippen molar-refractivity contribution in [2.24, 2.45) is 5.92 Å². The van der Waals surface area contributed by atoms with Crippen LogP contribution < -0.4 is 15.2 Å². The minimum atomic E-state index is -1.38. The zero-order valence-corrected chi connectivity index (χ0v) is 13.0. The molecule has 23 heavy (non-hydrogen) atoms. The van der Waals surface area contributed by atoms with Crippen LogP contribution in [0.1, 0.15) is 34.6 Å². The Kier molecular flexibility index (Phi) is 5.36. The standard InChI is InChI=1S/C18H19NO4/c1-12(2)11-23-14-9-7-13(8-10-14)19-17(20)15-5-3-4-6-16(15)18(21)22/h3-10,12H,11H2,1-2H3,(H,19,20)(H,21,22)/p-1. The molecule has 120 valence electrons. The van der Waals surface area contributed by atoms with Crippen LogP contribution in [-0.4, -0.2) is 18.5 Å². The minimum Gasteiger partial charge on any atom is -0.545 e. The summed E-state index contributed by atoms with van der Waals surface area (Å²) in [6, 6.07) is 12.8. The lowest BCUT2D eigenvalue weighted by Crippen LogP contribution is -2.26. The van der Waals surface area contributed by atoms with E-state index >= 15 is 0 Å². The fraction of sp³-hybridized carbons (Fsp3) is 0.222. The molecule has 0 heterocycles. The summed E-state index contributed by atoms with van der Waals surface area (Å²) in [5.41, 5.74) is 0.481. The lowest BCUT2D eigenvalue weighted by Gasteiger charge is -2.12. The van der Waals surface area contributed by atoms with Gasteiger partial charge in [0, 0.05) is 16.8 Å². The van der Waals surface area contributed by atoms with Crippen LogP contribution in [0.4, 0.5) is 5.69 Å². The van der Waals surface area contributed by atoms with E-state index in [0.29, 0.717) is 24.0 Å². The van der Waals surface area contributed by atoms with Crippen molar-refractivity contribution in [2.45, 2.75) is 13.8 Å². The molecular formula is C18H18NO4-. The van der Waals surface area contributed by atoms with Crippen molar-refractivity contribution in [3.63, 3.8) is 0 Å². The Morgan fingerprint density at radius 2 is 1.65 bits per heavy atom. The van der Waals surface area contributed by atoms with Crippen molar-refractivity contribution in [2.75, 3.05) is 11.9 Å². The van der Waals surface area contributed by atoms with Crippen molar-refractivity contribution in [3.8, 4) is 5.75 Å². The average molecular weight is 312 g/mol. The topological polar surface area (TPSA) is 78.5 Å². The number of anilines is 1. The third kappa shape index (κ3) is 4.57. The maximum Gasteiger partial charge on any atom is 0.256 e. The Labute approximate surface area is 134 Å². The molecule has 5 nitrogen and oxygen atoms in total. The van der Waals surface area contributed by atoms with Crippen LogP contribution in [0.5, 0.6) is 5.75 Å². The monoisotopic (exact) mass is 312 g/mol. The van der Waals surface area contributed by atoms with E-state index in [0.717, 1.165) is 0 Å². The van der Waals surface area contributed by atoms with Gasteiger partial charge >= 0.3 is 0 Å². The highest BCUT2D eigenvalue weighted by molar-refractivity contribution is 6.10. The van der Waals surface area contributed by atoms with Gasteiger partial charge in [-0.05, 0) is 36.2 Å². The van der Waals surface area contributed by atoms with Crippen molar-refractivity contribution < 1.29 is 19.4 Å². The molecule has 0 spiro atoms. The number of hydrogen-bond donors (Lipinski definition) is 1.